The van der Waals surface area contributed by atoms with Crippen molar-refractivity contribution in [3.63, 3.8) is 0 Å². The zero-order chi connectivity index (χ0) is 11.4. The van der Waals surface area contributed by atoms with E-state index in [1.807, 2.05) is 31.2 Å². The van der Waals surface area contributed by atoms with Gasteiger partial charge in [-0.25, -0.2) is 0 Å². The minimum atomic E-state index is 0.0816. The van der Waals surface area contributed by atoms with Crippen molar-refractivity contribution in [2.45, 2.75) is 19.4 Å². The first-order valence-electron chi connectivity index (χ1n) is 5.87. The Bertz CT molecular complexity index is 317. The third-order valence-electron chi connectivity index (χ3n) is 3.05. The molecule has 0 aromatic heterocycles. The van der Waals surface area contributed by atoms with Gasteiger partial charge in [0.2, 0.25) is 0 Å². The second-order valence-corrected chi connectivity index (χ2v) is 4.15. The van der Waals surface area contributed by atoms with Crippen LogP contribution in [0.25, 0.3) is 0 Å². The molecule has 1 aromatic carbocycles. The molecule has 0 radical (unpaired) electrons. The average molecular weight is 221 g/mol. The van der Waals surface area contributed by atoms with E-state index in [1.165, 1.54) is 5.56 Å². The lowest BCUT2D eigenvalue weighted by molar-refractivity contribution is 0.181. The number of ether oxygens (including phenoxy) is 2. The molecule has 1 saturated heterocycles. The molecule has 0 spiro atoms. The van der Waals surface area contributed by atoms with E-state index in [-0.39, 0.29) is 6.04 Å². The van der Waals surface area contributed by atoms with Gasteiger partial charge in [-0.2, -0.15) is 0 Å². The summed E-state index contributed by atoms with van der Waals surface area (Å²) in [6.07, 6.45) is 1.06. The minimum Gasteiger partial charge on any atom is -0.494 e. The van der Waals surface area contributed by atoms with Crippen molar-refractivity contribution in [3.05, 3.63) is 29.8 Å². The van der Waals surface area contributed by atoms with Crippen molar-refractivity contribution >= 4 is 0 Å². The van der Waals surface area contributed by atoms with Crippen LogP contribution in [0.4, 0.5) is 0 Å². The third-order valence-corrected chi connectivity index (χ3v) is 3.05. The Hall–Kier alpha value is -1.06. The summed E-state index contributed by atoms with van der Waals surface area (Å²) in [5.41, 5.74) is 7.37. The van der Waals surface area contributed by atoms with Crippen molar-refractivity contribution < 1.29 is 9.47 Å². The number of rotatable bonds is 4. The molecule has 2 atom stereocenters. The van der Waals surface area contributed by atoms with E-state index in [1.54, 1.807) is 0 Å². The van der Waals surface area contributed by atoms with Crippen LogP contribution in [0.5, 0.6) is 5.75 Å². The van der Waals surface area contributed by atoms with Gasteiger partial charge in [-0.15, -0.1) is 0 Å². The SMILES string of the molecule is CCOc1ccc(C(N)C2CCOC2)cc1. The van der Waals surface area contributed by atoms with E-state index < -0.39 is 0 Å². The topological polar surface area (TPSA) is 44.5 Å². The maximum atomic E-state index is 6.20. The summed E-state index contributed by atoms with van der Waals surface area (Å²) in [5, 5.41) is 0. The standard InChI is InChI=1S/C13H19NO2/c1-2-16-12-5-3-10(4-6-12)13(14)11-7-8-15-9-11/h3-6,11,13H,2,7-9,14H2,1H3. The Morgan fingerprint density at radius 3 is 2.75 bits per heavy atom. The maximum absolute atomic E-state index is 6.20. The van der Waals surface area contributed by atoms with Crippen LogP contribution in [-0.2, 0) is 4.74 Å². The third kappa shape index (κ3) is 2.54. The molecule has 0 aliphatic carbocycles. The van der Waals surface area contributed by atoms with Gasteiger partial charge in [0, 0.05) is 18.6 Å². The maximum Gasteiger partial charge on any atom is 0.119 e. The first-order chi connectivity index (χ1) is 7.81. The molecule has 16 heavy (non-hydrogen) atoms. The molecular formula is C13H19NO2. The van der Waals surface area contributed by atoms with E-state index in [9.17, 15) is 0 Å². The molecule has 2 unspecified atom stereocenters. The van der Waals surface area contributed by atoms with Gasteiger partial charge < -0.3 is 15.2 Å². The Balaban J connectivity index is 2.02. The second kappa shape index (κ2) is 5.32. The summed E-state index contributed by atoms with van der Waals surface area (Å²) in [6.45, 7) is 4.31. The highest BCUT2D eigenvalue weighted by Gasteiger charge is 2.23. The van der Waals surface area contributed by atoms with Crippen LogP contribution in [0.15, 0.2) is 24.3 Å². The van der Waals surface area contributed by atoms with Crippen LogP contribution >= 0.6 is 0 Å². The molecule has 2 rings (SSSR count). The van der Waals surface area contributed by atoms with E-state index in [0.717, 1.165) is 25.4 Å². The predicted octanol–water partition coefficient (Wildman–Crippen LogP) is 2.12. The summed E-state index contributed by atoms with van der Waals surface area (Å²) >= 11 is 0. The van der Waals surface area contributed by atoms with Crippen LogP contribution in [-0.4, -0.2) is 19.8 Å². The first kappa shape index (κ1) is 11.4. The Labute approximate surface area is 96.5 Å². The molecule has 0 saturated carbocycles. The van der Waals surface area contributed by atoms with Gasteiger partial charge in [0.05, 0.1) is 13.2 Å². The molecule has 1 aliphatic heterocycles. The van der Waals surface area contributed by atoms with Gasteiger partial charge in [0.25, 0.3) is 0 Å². The predicted molar refractivity (Wildman–Crippen MR) is 63.5 cm³/mol. The average Bonchev–Trinajstić information content (AvgIpc) is 2.83. The van der Waals surface area contributed by atoms with Gasteiger partial charge in [-0.1, -0.05) is 12.1 Å². The van der Waals surface area contributed by atoms with Crippen molar-refractivity contribution in [2.24, 2.45) is 11.7 Å². The second-order valence-electron chi connectivity index (χ2n) is 4.15. The van der Waals surface area contributed by atoms with Crippen molar-refractivity contribution in [1.29, 1.82) is 0 Å². The molecule has 2 N–H and O–H groups in total. The molecule has 1 fully saturated rings. The van der Waals surface area contributed by atoms with Gasteiger partial charge in [-0.3, -0.25) is 0 Å². The summed E-state index contributed by atoms with van der Waals surface area (Å²) in [4.78, 5) is 0. The number of nitrogens with two attached hydrogens (primary N) is 1. The van der Waals surface area contributed by atoms with Gasteiger partial charge in [-0.05, 0) is 31.0 Å². The molecule has 3 heteroatoms. The van der Waals surface area contributed by atoms with Crippen LogP contribution in [0, 0.1) is 5.92 Å². The van der Waals surface area contributed by atoms with Crippen LogP contribution in [0.1, 0.15) is 24.9 Å². The smallest absolute Gasteiger partial charge is 0.119 e. The Morgan fingerprint density at radius 1 is 1.44 bits per heavy atom. The molecule has 88 valence electrons. The van der Waals surface area contributed by atoms with Gasteiger partial charge in [0.15, 0.2) is 0 Å². The van der Waals surface area contributed by atoms with E-state index in [0.29, 0.717) is 12.5 Å². The highest BCUT2D eigenvalue weighted by atomic mass is 16.5. The molecule has 1 heterocycles. The molecule has 3 nitrogen and oxygen atoms in total. The normalized spacial score (nSPS) is 22.0. The zero-order valence-electron chi connectivity index (χ0n) is 9.69. The summed E-state index contributed by atoms with van der Waals surface area (Å²) in [7, 11) is 0. The number of hydrogen-bond donors (Lipinski definition) is 1. The van der Waals surface area contributed by atoms with E-state index >= 15 is 0 Å². The van der Waals surface area contributed by atoms with Crippen LogP contribution in [0.3, 0.4) is 0 Å². The van der Waals surface area contributed by atoms with E-state index in [4.69, 9.17) is 15.2 Å². The van der Waals surface area contributed by atoms with Gasteiger partial charge in [0.1, 0.15) is 5.75 Å². The lowest BCUT2D eigenvalue weighted by Crippen LogP contribution is -2.21. The van der Waals surface area contributed by atoms with Crippen LogP contribution in [0.2, 0.25) is 0 Å². The molecule has 0 amide bonds. The largest absolute Gasteiger partial charge is 0.494 e. The van der Waals surface area contributed by atoms with Gasteiger partial charge >= 0.3 is 0 Å². The van der Waals surface area contributed by atoms with Crippen molar-refractivity contribution in [2.75, 3.05) is 19.8 Å². The zero-order valence-corrected chi connectivity index (χ0v) is 9.69. The lowest BCUT2D eigenvalue weighted by Gasteiger charge is -2.18. The van der Waals surface area contributed by atoms with E-state index in [2.05, 4.69) is 0 Å². The molecule has 1 aromatic rings. The quantitative estimate of drug-likeness (QED) is 0.847. The fourth-order valence-electron chi connectivity index (χ4n) is 2.06. The number of hydrogen-bond acceptors (Lipinski definition) is 3. The minimum absolute atomic E-state index is 0.0816. The first-order valence-corrected chi connectivity index (χ1v) is 5.87. The summed E-state index contributed by atoms with van der Waals surface area (Å²) in [6, 6.07) is 8.14. The Morgan fingerprint density at radius 2 is 2.19 bits per heavy atom. The summed E-state index contributed by atoms with van der Waals surface area (Å²) in [5.74, 6) is 1.36. The fraction of sp³-hybridized carbons (Fsp3) is 0.538. The highest BCUT2D eigenvalue weighted by molar-refractivity contribution is 5.29. The fourth-order valence-corrected chi connectivity index (χ4v) is 2.06. The molecule has 1 aliphatic rings. The van der Waals surface area contributed by atoms with Crippen molar-refractivity contribution in [1.82, 2.24) is 0 Å². The monoisotopic (exact) mass is 221 g/mol. The van der Waals surface area contributed by atoms with Crippen LogP contribution < -0.4 is 10.5 Å². The molecular weight excluding hydrogens is 202 g/mol. The highest BCUT2D eigenvalue weighted by Crippen LogP contribution is 2.27. The summed E-state index contributed by atoms with van der Waals surface area (Å²) < 4.78 is 10.8. The lowest BCUT2D eigenvalue weighted by atomic mass is 9.93. The van der Waals surface area contributed by atoms with Crippen molar-refractivity contribution in [3.8, 4) is 5.75 Å². The Kier molecular flexibility index (Phi) is 3.80. The number of benzene rings is 1. The molecule has 0 bridgehead atoms.